The number of H-pyrrole nitrogens is 1. The first-order valence-corrected chi connectivity index (χ1v) is 5.56. The molecule has 0 fully saturated rings. The Morgan fingerprint density at radius 2 is 1.83 bits per heavy atom. The third kappa shape index (κ3) is 2.85. The molecule has 2 aromatic rings. The van der Waals surface area contributed by atoms with Crippen LogP contribution >= 0.6 is 0 Å². The topological polar surface area (TPSA) is 36.0 Å². The molecular weight excluding hydrogens is 243 g/mol. The van der Waals surface area contributed by atoms with Crippen LogP contribution in [0.15, 0.2) is 24.3 Å². The third-order valence-electron chi connectivity index (χ3n) is 2.63. The molecule has 0 saturated carbocycles. The van der Waals surface area contributed by atoms with Crippen LogP contribution in [-0.4, -0.2) is 15.7 Å². The summed E-state index contributed by atoms with van der Waals surface area (Å²) in [6.45, 7) is 3.30. The van der Waals surface area contributed by atoms with E-state index in [1.807, 2.05) is 0 Å². The first kappa shape index (κ1) is 13.0. The highest BCUT2D eigenvalue weighted by Gasteiger charge is 2.30. The van der Waals surface area contributed by atoms with Crippen LogP contribution in [0.4, 0.5) is 13.2 Å². The third-order valence-corrected chi connectivity index (χ3v) is 2.63. The van der Waals surface area contributed by atoms with Gasteiger partial charge in [-0.15, -0.1) is 0 Å². The number of nitrogens with one attached hydrogen (secondary N) is 1. The Kier molecular flexibility index (Phi) is 2.89. The summed E-state index contributed by atoms with van der Waals surface area (Å²) < 4.78 is 37.6. The fraction of sp³-hybridized carbons (Fsp3) is 0.385. The van der Waals surface area contributed by atoms with E-state index in [4.69, 9.17) is 0 Å². The van der Waals surface area contributed by atoms with Gasteiger partial charge in [-0.1, -0.05) is 6.07 Å². The van der Waals surface area contributed by atoms with Gasteiger partial charge < -0.3 is 10.1 Å². The number of hydrogen-bond donors (Lipinski definition) is 2. The smallest absolute Gasteiger partial charge is 0.390 e. The average molecular weight is 257 g/mol. The number of fused-ring (bicyclic) bond motifs is 1. The molecule has 0 aliphatic carbocycles. The zero-order valence-electron chi connectivity index (χ0n) is 10.1. The fourth-order valence-corrected chi connectivity index (χ4v) is 1.92. The molecule has 5 heteroatoms. The van der Waals surface area contributed by atoms with E-state index in [2.05, 4.69) is 4.98 Å². The number of benzene rings is 1. The summed E-state index contributed by atoms with van der Waals surface area (Å²) in [5, 5.41) is 10.4. The summed E-state index contributed by atoms with van der Waals surface area (Å²) in [5.41, 5.74) is -0.416. The average Bonchev–Trinajstić information content (AvgIpc) is 2.53. The predicted molar refractivity (Wildman–Crippen MR) is 63.3 cm³/mol. The molecule has 0 spiro atoms. The van der Waals surface area contributed by atoms with Crippen molar-refractivity contribution in [2.24, 2.45) is 0 Å². The van der Waals surface area contributed by atoms with Crippen molar-refractivity contribution in [3.05, 3.63) is 35.5 Å². The van der Waals surface area contributed by atoms with Gasteiger partial charge in [0, 0.05) is 17.6 Å². The minimum Gasteiger partial charge on any atom is -0.390 e. The number of hydrogen-bond acceptors (Lipinski definition) is 1. The molecule has 1 aromatic heterocycles. The lowest BCUT2D eigenvalue weighted by Crippen LogP contribution is -2.21. The second-order valence-corrected chi connectivity index (χ2v) is 5.08. The van der Waals surface area contributed by atoms with Gasteiger partial charge in [0.05, 0.1) is 11.2 Å². The number of aliphatic hydroxyl groups is 1. The molecule has 0 saturated heterocycles. The monoisotopic (exact) mass is 257 g/mol. The number of halogens is 3. The van der Waals surface area contributed by atoms with Gasteiger partial charge in [0.1, 0.15) is 0 Å². The van der Waals surface area contributed by atoms with E-state index in [1.54, 1.807) is 19.9 Å². The first-order chi connectivity index (χ1) is 8.15. The summed E-state index contributed by atoms with van der Waals surface area (Å²) in [6, 6.07) is 5.34. The molecule has 0 radical (unpaired) electrons. The lowest BCUT2D eigenvalue weighted by molar-refractivity contribution is -0.137. The highest BCUT2D eigenvalue weighted by Crippen LogP contribution is 2.31. The van der Waals surface area contributed by atoms with Crippen molar-refractivity contribution in [1.29, 1.82) is 0 Å². The molecule has 18 heavy (non-hydrogen) atoms. The van der Waals surface area contributed by atoms with Crippen LogP contribution in [0.3, 0.4) is 0 Å². The standard InChI is InChI=1S/C13H14F3NO/c1-12(2,18)7-10-5-8-3-4-9(13(14,15)16)6-11(8)17-10/h3-6,17-18H,7H2,1-2H3. The zero-order chi connectivity index (χ0) is 13.6. The summed E-state index contributed by atoms with van der Waals surface area (Å²) in [5.74, 6) is 0. The minimum absolute atomic E-state index is 0.364. The van der Waals surface area contributed by atoms with Crippen LogP contribution in [0.1, 0.15) is 25.1 Å². The van der Waals surface area contributed by atoms with Crippen LogP contribution in [0.5, 0.6) is 0 Å². The van der Waals surface area contributed by atoms with Crippen molar-refractivity contribution in [2.45, 2.75) is 32.0 Å². The normalized spacial score (nSPS) is 13.2. The molecule has 0 aliphatic rings. The van der Waals surface area contributed by atoms with Gasteiger partial charge in [0.25, 0.3) is 0 Å². The van der Waals surface area contributed by atoms with Crippen LogP contribution in [-0.2, 0) is 12.6 Å². The van der Waals surface area contributed by atoms with E-state index < -0.39 is 17.3 Å². The fourth-order valence-electron chi connectivity index (χ4n) is 1.92. The summed E-state index contributed by atoms with van der Waals surface area (Å²) in [4.78, 5) is 2.90. The molecule has 2 rings (SSSR count). The van der Waals surface area contributed by atoms with Gasteiger partial charge in [0.2, 0.25) is 0 Å². The summed E-state index contributed by atoms with van der Waals surface area (Å²) >= 11 is 0. The highest BCUT2D eigenvalue weighted by atomic mass is 19.4. The van der Waals surface area contributed by atoms with E-state index in [0.29, 0.717) is 17.3 Å². The molecule has 1 heterocycles. The van der Waals surface area contributed by atoms with Crippen molar-refractivity contribution in [1.82, 2.24) is 4.98 Å². The van der Waals surface area contributed by atoms with Crippen molar-refractivity contribution >= 4 is 10.9 Å². The zero-order valence-corrected chi connectivity index (χ0v) is 10.1. The Morgan fingerprint density at radius 3 is 2.39 bits per heavy atom. The lowest BCUT2D eigenvalue weighted by Gasteiger charge is -2.15. The Morgan fingerprint density at radius 1 is 1.17 bits per heavy atom. The maximum atomic E-state index is 12.5. The Bertz CT molecular complexity index is 564. The maximum Gasteiger partial charge on any atom is 0.416 e. The maximum absolute atomic E-state index is 12.5. The van der Waals surface area contributed by atoms with E-state index in [9.17, 15) is 18.3 Å². The largest absolute Gasteiger partial charge is 0.416 e. The molecule has 0 aliphatic heterocycles. The SMILES string of the molecule is CC(C)(O)Cc1cc2ccc(C(F)(F)F)cc2[nH]1. The van der Waals surface area contributed by atoms with Gasteiger partial charge in [-0.3, -0.25) is 0 Å². The predicted octanol–water partition coefficient (Wildman–Crippen LogP) is 3.50. The number of alkyl halides is 3. The summed E-state index contributed by atoms with van der Waals surface area (Å²) in [6.07, 6.45) is -3.97. The molecule has 0 amide bonds. The Balaban J connectivity index is 2.40. The van der Waals surface area contributed by atoms with E-state index >= 15 is 0 Å². The Hall–Kier alpha value is -1.49. The molecule has 98 valence electrons. The van der Waals surface area contributed by atoms with Crippen molar-refractivity contribution in [3.8, 4) is 0 Å². The van der Waals surface area contributed by atoms with Gasteiger partial charge >= 0.3 is 6.18 Å². The lowest BCUT2D eigenvalue weighted by atomic mass is 10.0. The first-order valence-electron chi connectivity index (χ1n) is 5.56. The molecule has 1 aromatic carbocycles. The van der Waals surface area contributed by atoms with Crippen LogP contribution in [0.25, 0.3) is 10.9 Å². The van der Waals surface area contributed by atoms with Crippen molar-refractivity contribution < 1.29 is 18.3 Å². The van der Waals surface area contributed by atoms with Gasteiger partial charge in [-0.05, 0) is 37.4 Å². The number of aromatic nitrogens is 1. The van der Waals surface area contributed by atoms with Crippen LogP contribution in [0.2, 0.25) is 0 Å². The minimum atomic E-state index is -4.34. The second-order valence-electron chi connectivity index (χ2n) is 5.08. The van der Waals surface area contributed by atoms with Gasteiger partial charge in [-0.2, -0.15) is 13.2 Å². The quantitative estimate of drug-likeness (QED) is 0.848. The van der Waals surface area contributed by atoms with E-state index in [-0.39, 0.29) is 0 Å². The number of rotatable bonds is 2. The molecule has 0 bridgehead atoms. The molecule has 0 atom stereocenters. The van der Waals surface area contributed by atoms with E-state index in [0.717, 1.165) is 17.8 Å². The van der Waals surface area contributed by atoms with Crippen molar-refractivity contribution in [3.63, 3.8) is 0 Å². The molecule has 2 nitrogen and oxygen atoms in total. The van der Waals surface area contributed by atoms with Gasteiger partial charge in [-0.25, -0.2) is 0 Å². The Labute approximate surface area is 102 Å². The number of aromatic amines is 1. The van der Waals surface area contributed by atoms with E-state index in [1.165, 1.54) is 6.07 Å². The van der Waals surface area contributed by atoms with Crippen LogP contribution in [0, 0.1) is 0 Å². The highest BCUT2D eigenvalue weighted by molar-refractivity contribution is 5.81. The second kappa shape index (κ2) is 4.02. The molecular formula is C13H14F3NO. The summed E-state index contributed by atoms with van der Waals surface area (Å²) in [7, 11) is 0. The van der Waals surface area contributed by atoms with Crippen molar-refractivity contribution in [2.75, 3.05) is 0 Å². The van der Waals surface area contributed by atoms with Crippen LogP contribution < -0.4 is 0 Å². The molecule has 0 unspecified atom stereocenters. The molecule has 2 N–H and O–H groups in total. The van der Waals surface area contributed by atoms with Gasteiger partial charge in [0.15, 0.2) is 0 Å².